The van der Waals surface area contributed by atoms with E-state index in [-0.39, 0.29) is 6.10 Å². The maximum atomic E-state index is 9.29. The molecule has 1 heterocycles. The molecule has 96 valence electrons. The predicted molar refractivity (Wildman–Crippen MR) is 73.5 cm³/mol. The third-order valence-corrected chi connectivity index (χ3v) is 4.18. The van der Waals surface area contributed by atoms with E-state index < -0.39 is 0 Å². The Kier molecular flexibility index (Phi) is 2.88. The van der Waals surface area contributed by atoms with Gasteiger partial charge in [-0.1, -0.05) is 18.2 Å². The largest absolute Gasteiger partial charge is 0.393 e. The fourth-order valence-corrected chi connectivity index (χ4v) is 2.88. The molecule has 1 aliphatic carbocycles. The number of hydrogen-bond donors (Lipinski definition) is 2. The molecule has 0 spiro atoms. The standard InChI is InChI=1S/C15H20N2O/c1-10-13-5-3-4-6-14(13)17(2)15(10)9-16-11-7-12(18)8-11/h3-6,11-12,16,18H,7-9H2,1-2H3. The normalized spacial score (nSPS) is 23.3. The smallest absolute Gasteiger partial charge is 0.0570 e. The number of aromatic nitrogens is 1. The number of para-hydroxylation sites is 1. The number of nitrogens with one attached hydrogen (secondary N) is 1. The van der Waals surface area contributed by atoms with Crippen molar-refractivity contribution < 1.29 is 5.11 Å². The zero-order valence-electron chi connectivity index (χ0n) is 11.0. The van der Waals surface area contributed by atoms with Crippen LogP contribution in [0.4, 0.5) is 0 Å². The van der Waals surface area contributed by atoms with Gasteiger partial charge in [-0.3, -0.25) is 0 Å². The van der Waals surface area contributed by atoms with Gasteiger partial charge in [0, 0.05) is 36.2 Å². The number of aliphatic hydroxyl groups excluding tert-OH is 1. The first-order chi connectivity index (χ1) is 8.66. The van der Waals surface area contributed by atoms with E-state index in [1.165, 1.54) is 22.2 Å². The fourth-order valence-electron chi connectivity index (χ4n) is 2.88. The summed E-state index contributed by atoms with van der Waals surface area (Å²) >= 11 is 0. The number of fused-ring (bicyclic) bond motifs is 1. The SMILES string of the molecule is Cc1c(CNC2CC(O)C2)n(C)c2ccccc12. The van der Waals surface area contributed by atoms with Crippen molar-refractivity contribution in [2.45, 2.75) is 38.5 Å². The van der Waals surface area contributed by atoms with E-state index in [9.17, 15) is 5.11 Å². The zero-order valence-corrected chi connectivity index (χ0v) is 11.0. The minimum absolute atomic E-state index is 0.0870. The molecule has 0 aliphatic heterocycles. The van der Waals surface area contributed by atoms with Crippen LogP contribution in [0.25, 0.3) is 10.9 Å². The maximum absolute atomic E-state index is 9.29. The summed E-state index contributed by atoms with van der Waals surface area (Å²) in [7, 11) is 2.13. The molecule has 1 aromatic carbocycles. The van der Waals surface area contributed by atoms with Gasteiger partial charge in [0.15, 0.2) is 0 Å². The number of aliphatic hydroxyl groups is 1. The molecular formula is C15H20N2O. The van der Waals surface area contributed by atoms with Gasteiger partial charge in [0.1, 0.15) is 0 Å². The third-order valence-electron chi connectivity index (χ3n) is 4.18. The minimum Gasteiger partial charge on any atom is -0.393 e. The lowest BCUT2D eigenvalue weighted by atomic mass is 9.89. The Morgan fingerprint density at radius 1 is 1.33 bits per heavy atom. The molecule has 0 atom stereocenters. The van der Waals surface area contributed by atoms with Crippen LogP contribution in [-0.2, 0) is 13.6 Å². The molecule has 3 rings (SSSR count). The number of aryl methyl sites for hydroxylation is 2. The number of benzene rings is 1. The number of hydrogen-bond acceptors (Lipinski definition) is 2. The summed E-state index contributed by atoms with van der Waals surface area (Å²) < 4.78 is 2.27. The van der Waals surface area contributed by atoms with Gasteiger partial charge in [0.05, 0.1) is 6.10 Å². The summed E-state index contributed by atoms with van der Waals surface area (Å²) in [6, 6.07) is 9.01. The van der Waals surface area contributed by atoms with Gasteiger partial charge in [0.2, 0.25) is 0 Å². The Morgan fingerprint density at radius 3 is 2.72 bits per heavy atom. The lowest BCUT2D eigenvalue weighted by Crippen LogP contribution is -2.43. The Labute approximate surface area is 107 Å². The summed E-state index contributed by atoms with van der Waals surface area (Å²) in [5.74, 6) is 0. The average molecular weight is 244 g/mol. The number of rotatable bonds is 3. The molecular weight excluding hydrogens is 224 g/mol. The Bertz CT molecular complexity index is 528. The lowest BCUT2D eigenvalue weighted by Gasteiger charge is -2.32. The highest BCUT2D eigenvalue weighted by Gasteiger charge is 2.26. The van der Waals surface area contributed by atoms with Crippen LogP contribution in [0.3, 0.4) is 0 Å². The molecule has 3 heteroatoms. The monoisotopic (exact) mass is 244 g/mol. The molecule has 3 nitrogen and oxygen atoms in total. The van der Waals surface area contributed by atoms with Gasteiger partial charge in [0.25, 0.3) is 0 Å². The minimum atomic E-state index is -0.0870. The van der Waals surface area contributed by atoms with E-state index in [0.29, 0.717) is 6.04 Å². The molecule has 2 aromatic rings. The van der Waals surface area contributed by atoms with Crippen molar-refractivity contribution in [1.82, 2.24) is 9.88 Å². The zero-order chi connectivity index (χ0) is 12.7. The van der Waals surface area contributed by atoms with Crippen LogP contribution in [0.15, 0.2) is 24.3 Å². The lowest BCUT2D eigenvalue weighted by molar-refractivity contribution is 0.0617. The van der Waals surface area contributed by atoms with E-state index in [1.54, 1.807) is 0 Å². The Morgan fingerprint density at radius 2 is 2.06 bits per heavy atom. The average Bonchev–Trinajstić information content (AvgIpc) is 2.58. The van der Waals surface area contributed by atoms with Crippen molar-refractivity contribution in [3.05, 3.63) is 35.5 Å². The van der Waals surface area contributed by atoms with E-state index in [1.807, 2.05) is 0 Å². The molecule has 1 fully saturated rings. The van der Waals surface area contributed by atoms with Gasteiger partial charge in [-0.05, 0) is 31.4 Å². The molecule has 1 saturated carbocycles. The van der Waals surface area contributed by atoms with Crippen molar-refractivity contribution in [3.8, 4) is 0 Å². The van der Waals surface area contributed by atoms with Crippen molar-refractivity contribution in [2.24, 2.45) is 7.05 Å². The summed E-state index contributed by atoms with van der Waals surface area (Å²) in [6.45, 7) is 3.07. The van der Waals surface area contributed by atoms with Gasteiger partial charge in [-0.15, -0.1) is 0 Å². The van der Waals surface area contributed by atoms with Crippen LogP contribution in [0.5, 0.6) is 0 Å². The molecule has 2 N–H and O–H groups in total. The first kappa shape index (κ1) is 11.8. The van der Waals surface area contributed by atoms with Crippen molar-refractivity contribution in [1.29, 1.82) is 0 Å². The third kappa shape index (κ3) is 1.84. The van der Waals surface area contributed by atoms with Crippen LogP contribution < -0.4 is 5.32 Å². The summed E-state index contributed by atoms with van der Waals surface area (Å²) in [4.78, 5) is 0. The molecule has 0 unspecified atom stereocenters. The molecule has 1 aromatic heterocycles. The predicted octanol–water partition coefficient (Wildman–Crippen LogP) is 2.10. The molecule has 0 amide bonds. The quantitative estimate of drug-likeness (QED) is 0.867. The van der Waals surface area contributed by atoms with Crippen LogP contribution >= 0.6 is 0 Å². The molecule has 0 bridgehead atoms. The summed E-state index contributed by atoms with van der Waals surface area (Å²) in [6.07, 6.45) is 1.70. The molecule has 1 aliphatic rings. The van der Waals surface area contributed by atoms with Gasteiger partial charge < -0.3 is 15.0 Å². The van der Waals surface area contributed by atoms with Gasteiger partial charge >= 0.3 is 0 Å². The molecule has 0 saturated heterocycles. The number of nitrogens with zero attached hydrogens (tertiary/aromatic N) is 1. The Hall–Kier alpha value is -1.32. The first-order valence-electron chi connectivity index (χ1n) is 6.61. The van der Waals surface area contributed by atoms with E-state index in [4.69, 9.17) is 0 Å². The van der Waals surface area contributed by atoms with Crippen LogP contribution in [0, 0.1) is 6.92 Å². The van der Waals surface area contributed by atoms with Crippen LogP contribution in [0.2, 0.25) is 0 Å². The van der Waals surface area contributed by atoms with Crippen LogP contribution in [-0.4, -0.2) is 21.8 Å². The van der Waals surface area contributed by atoms with Crippen molar-refractivity contribution in [2.75, 3.05) is 0 Å². The van der Waals surface area contributed by atoms with Crippen LogP contribution in [0.1, 0.15) is 24.1 Å². The second-order valence-corrected chi connectivity index (χ2v) is 5.35. The van der Waals surface area contributed by atoms with Gasteiger partial charge in [-0.2, -0.15) is 0 Å². The van der Waals surface area contributed by atoms with Crippen molar-refractivity contribution in [3.63, 3.8) is 0 Å². The second-order valence-electron chi connectivity index (χ2n) is 5.35. The highest BCUT2D eigenvalue weighted by molar-refractivity contribution is 5.85. The van der Waals surface area contributed by atoms with E-state index in [0.717, 1.165) is 19.4 Å². The fraction of sp³-hybridized carbons (Fsp3) is 0.467. The van der Waals surface area contributed by atoms with Crippen molar-refractivity contribution >= 4 is 10.9 Å². The first-order valence-corrected chi connectivity index (χ1v) is 6.61. The highest BCUT2D eigenvalue weighted by Crippen LogP contribution is 2.25. The van der Waals surface area contributed by atoms with E-state index in [2.05, 4.69) is 48.1 Å². The summed E-state index contributed by atoms with van der Waals surface area (Å²) in [5.41, 5.74) is 4.00. The molecule has 0 radical (unpaired) electrons. The van der Waals surface area contributed by atoms with E-state index >= 15 is 0 Å². The second kappa shape index (κ2) is 4.41. The highest BCUT2D eigenvalue weighted by atomic mass is 16.3. The molecule has 18 heavy (non-hydrogen) atoms. The van der Waals surface area contributed by atoms with Gasteiger partial charge in [-0.25, -0.2) is 0 Å². The summed E-state index contributed by atoms with van der Waals surface area (Å²) in [5, 5.41) is 14.2. The Balaban J connectivity index is 1.83. The maximum Gasteiger partial charge on any atom is 0.0570 e. The topological polar surface area (TPSA) is 37.2 Å².